The van der Waals surface area contributed by atoms with Crippen molar-refractivity contribution in [1.29, 1.82) is 0 Å². The highest BCUT2D eigenvalue weighted by Crippen LogP contribution is 2.30. The summed E-state index contributed by atoms with van der Waals surface area (Å²) in [6.45, 7) is 11.1. The van der Waals surface area contributed by atoms with Crippen molar-refractivity contribution in [2.75, 3.05) is 26.2 Å². The molecule has 0 aliphatic carbocycles. The summed E-state index contributed by atoms with van der Waals surface area (Å²) in [4.78, 5) is 17.9. The Balaban J connectivity index is 1.33. The van der Waals surface area contributed by atoms with Gasteiger partial charge in [0.05, 0.1) is 20.7 Å². The highest BCUT2D eigenvalue weighted by atomic mass is 35.5. The van der Waals surface area contributed by atoms with E-state index in [1.165, 1.54) is 11.1 Å². The van der Waals surface area contributed by atoms with Gasteiger partial charge in [0.15, 0.2) is 9.84 Å². The number of rotatable bonds is 5. The lowest BCUT2D eigenvalue weighted by Crippen LogP contribution is -2.48. The minimum atomic E-state index is -3.25. The van der Waals surface area contributed by atoms with Crippen LogP contribution in [0.25, 0.3) is 5.57 Å². The van der Waals surface area contributed by atoms with Gasteiger partial charge < -0.3 is 4.90 Å². The first-order valence-corrected chi connectivity index (χ1v) is 14.8. The molecule has 0 radical (unpaired) electrons. The quantitative estimate of drug-likeness (QED) is 0.477. The molecule has 0 aromatic heterocycles. The fourth-order valence-electron chi connectivity index (χ4n) is 5.32. The molecule has 2 aliphatic rings. The van der Waals surface area contributed by atoms with Crippen molar-refractivity contribution < 1.29 is 13.2 Å². The Bertz CT molecular complexity index is 1230. The predicted octanol–water partition coefficient (Wildman–Crippen LogP) is 6.00. The van der Waals surface area contributed by atoms with Crippen LogP contribution in [0.3, 0.4) is 0 Å². The first-order chi connectivity index (χ1) is 17.1. The van der Waals surface area contributed by atoms with E-state index in [4.69, 9.17) is 11.6 Å². The molecule has 2 heterocycles. The first-order valence-electron chi connectivity index (χ1n) is 12.9. The van der Waals surface area contributed by atoms with E-state index >= 15 is 0 Å². The van der Waals surface area contributed by atoms with Crippen LogP contribution >= 0.6 is 11.6 Å². The largest absolute Gasteiger partial charge is 0.338 e. The monoisotopic (exact) mass is 528 g/mol. The lowest BCUT2D eigenvalue weighted by atomic mass is 9.92. The van der Waals surface area contributed by atoms with Gasteiger partial charge in [-0.25, -0.2) is 8.42 Å². The van der Waals surface area contributed by atoms with Crippen LogP contribution in [0.4, 0.5) is 0 Å². The number of aryl methyl sites for hydroxylation is 1. The Hall–Kier alpha value is -2.15. The van der Waals surface area contributed by atoms with Gasteiger partial charge in [0.1, 0.15) is 0 Å². The van der Waals surface area contributed by atoms with Gasteiger partial charge in [-0.15, -0.1) is 0 Å². The third kappa shape index (κ3) is 5.56. The average Bonchev–Trinajstić information content (AvgIpc) is 2.89. The topological polar surface area (TPSA) is 57.7 Å². The summed E-state index contributed by atoms with van der Waals surface area (Å²) in [5.41, 5.74) is 5.35. The van der Waals surface area contributed by atoms with Gasteiger partial charge in [-0.05, 0) is 88.3 Å². The maximum absolute atomic E-state index is 13.0. The predicted molar refractivity (Wildman–Crippen MR) is 147 cm³/mol. The van der Waals surface area contributed by atoms with Crippen molar-refractivity contribution in [3.05, 3.63) is 69.8 Å². The van der Waals surface area contributed by atoms with E-state index in [1.807, 2.05) is 42.2 Å². The maximum Gasteiger partial charge on any atom is 0.255 e. The van der Waals surface area contributed by atoms with Crippen molar-refractivity contribution in [2.24, 2.45) is 0 Å². The lowest BCUT2D eigenvalue weighted by Gasteiger charge is -2.41. The van der Waals surface area contributed by atoms with E-state index in [9.17, 15) is 13.2 Å². The van der Waals surface area contributed by atoms with Crippen molar-refractivity contribution in [3.63, 3.8) is 0 Å². The Morgan fingerprint density at radius 1 is 0.972 bits per heavy atom. The number of amides is 1. The van der Waals surface area contributed by atoms with Crippen LogP contribution in [-0.4, -0.2) is 61.6 Å². The number of carbonyl (C=O) groups excluding carboxylic acids is 1. The number of likely N-dealkylation sites (tertiary alicyclic amines) is 2. The van der Waals surface area contributed by atoms with Crippen LogP contribution in [0.5, 0.6) is 0 Å². The molecule has 2 fully saturated rings. The van der Waals surface area contributed by atoms with E-state index in [0.717, 1.165) is 63.0 Å². The fourth-order valence-corrected chi connectivity index (χ4v) is 6.59. The summed E-state index contributed by atoms with van der Waals surface area (Å²) in [5, 5.41) is 0.143. The number of piperidine rings is 2. The molecule has 36 heavy (non-hydrogen) atoms. The Kier molecular flexibility index (Phi) is 8.28. The van der Waals surface area contributed by atoms with Gasteiger partial charge in [-0.1, -0.05) is 41.4 Å². The summed E-state index contributed by atoms with van der Waals surface area (Å²) in [5.74, 6) is 0.0360. The SMILES string of the molecule is CC(=C1CCN(C2CCN(C(=O)c3cccc(C)c3Cl)CC2)CC1)c1ccc(S(=O)(=O)C(C)C)cc1. The fraction of sp³-hybridized carbons (Fsp3) is 0.483. The molecule has 0 atom stereocenters. The van der Waals surface area contributed by atoms with Gasteiger partial charge in [-0.3, -0.25) is 9.69 Å². The molecule has 2 saturated heterocycles. The van der Waals surface area contributed by atoms with E-state index in [-0.39, 0.29) is 5.91 Å². The molecule has 0 unspecified atom stereocenters. The highest BCUT2D eigenvalue weighted by molar-refractivity contribution is 7.92. The standard InChI is InChI=1S/C29H37ClN2O3S/c1-20(2)36(34,35)26-10-8-23(9-11-26)22(4)24-12-16-31(17-13-24)25-14-18-32(19-15-25)29(33)27-7-5-6-21(3)28(27)30/h5-11,20,25H,12-19H2,1-4H3. The zero-order chi connectivity index (χ0) is 26.0. The van der Waals surface area contributed by atoms with Crippen LogP contribution in [-0.2, 0) is 9.84 Å². The van der Waals surface area contributed by atoms with Crippen LogP contribution in [0, 0.1) is 6.92 Å². The Labute approximate surface area is 221 Å². The first kappa shape index (κ1) is 26.9. The molecule has 194 valence electrons. The number of nitrogens with zero attached hydrogens (tertiary/aromatic N) is 2. The van der Waals surface area contributed by atoms with Gasteiger partial charge >= 0.3 is 0 Å². The Morgan fingerprint density at radius 3 is 2.17 bits per heavy atom. The molecule has 4 rings (SSSR count). The number of sulfone groups is 1. The third-order valence-corrected chi connectivity index (χ3v) is 10.5. The number of allylic oxidation sites excluding steroid dienone is 1. The van der Waals surface area contributed by atoms with Crippen molar-refractivity contribution >= 4 is 32.9 Å². The Morgan fingerprint density at radius 2 is 1.58 bits per heavy atom. The van der Waals surface area contributed by atoms with Crippen molar-refractivity contribution in [3.8, 4) is 0 Å². The molecule has 5 nitrogen and oxygen atoms in total. The van der Waals surface area contributed by atoms with E-state index in [0.29, 0.717) is 21.5 Å². The molecular formula is C29H37ClN2O3S. The average molecular weight is 529 g/mol. The van der Waals surface area contributed by atoms with Gasteiger partial charge in [0.2, 0.25) is 0 Å². The smallest absolute Gasteiger partial charge is 0.255 e. The molecule has 2 aromatic rings. The number of hydrogen-bond acceptors (Lipinski definition) is 4. The minimum Gasteiger partial charge on any atom is -0.338 e. The number of halogens is 1. The molecule has 1 amide bonds. The van der Waals surface area contributed by atoms with Gasteiger partial charge in [0.25, 0.3) is 5.91 Å². The summed E-state index contributed by atoms with van der Waals surface area (Å²) < 4.78 is 24.8. The number of hydrogen-bond donors (Lipinski definition) is 0. The molecule has 0 saturated carbocycles. The molecule has 0 spiro atoms. The highest BCUT2D eigenvalue weighted by Gasteiger charge is 2.30. The summed E-state index contributed by atoms with van der Waals surface area (Å²) in [6, 6.07) is 13.5. The maximum atomic E-state index is 13.0. The normalized spacial score (nSPS) is 18.1. The number of benzene rings is 2. The molecule has 7 heteroatoms. The summed E-state index contributed by atoms with van der Waals surface area (Å²) in [6.07, 6.45) is 4.02. The summed E-state index contributed by atoms with van der Waals surface area (Å²) >= 11 is 6.39. The second-order valence-electron chi connectivity index (χ2n) is 10.3. The van der Waals surface area contributed by atoms with Crippen molar-refractivity contribution in [2.45, 2.75) is 69.6 Å². The molecule has 0 bridgehead atoms. The van der Waals surface area contributed by atoms with Crippen LogP contribution in [0.15, 0.2) is 52.9 Å². The molecule has 2 aliphatic heterocycles. The van der Waals surface area contributed by atoms with Crippen molar-refractivity contribution in [1.82, 2.24) is 9.80 Å². The number of carbonyl (C=O) groups is 1. The zero-order valence-electron chi connectivity index (χ0n) is 21.8. The van der Waals surface area contributed by atoms with E-state index in [1.54, 1.807) is 26.0 Å². The van der Waals surface area contributed by atoms with Gasteiger partial charge in [0, 0.05) is 32.2 Å². The van der Waals surface area contributed by atoms with Gasteiger partial charge in [-0.2, -0.15) is 0 Å². The molecular weight excluding hydrogens is 492 g/mol. The minimum absolute atomic E-state index is 0.0360. The molecule has 2 aromatic carbocycles. The summed E-state index contributed by atoms with van der Waals surface area (Å²) in [7, 11) is -3.25. The van der Waals surface area contributed by atoms with Crippen LogP contribution in [0.2, 0.25) is 5.02 Å². The second kappa shape index (κ2) is 11.1. The molecule has 0 N–H and O–H groups in total. The lowest BCUT2D eigenvalue weighted by molar-refractivity contribution is 0.0608. The van der Waals surface area contributed by atoms with E-state index in [2.05, 4.69) is 11.8 Å². The van der Waals surface area contributed by atoms with Crippen LogP contribution < -0.4 is 0 Å². The third-order valence-electron chi connectivity index (χ3n) is 7.86. The van der Waals surface area contributed by atoms with Crippen LogP contribution in [0.1, 0.15) is 67.9 Å². The van der Waals surface area contributed by atoms with E-state index < -0.39 is 15.1 Å². The second-order valence-corrected chi connectivity index (χ2v) is 13.2. The zero-order valence-corrected chi connectivity index (χ0v) is 23.3.